The van der Waals surface area contributed by atoms with Crippen molar-refractivity contribution in [3.63, 3.8) is 0 Å². The molecule has 0 saturated carbocycles. The van der Waals surface area contributed by atoms with Crippen LogP contribution in [-0.2, 0) is 27.7 Å². The van der Waals surface area contributed by atoms with Gasteiger partial charge >= 0.3 is 15.2 Å². The molecule has 2 aliphatic rings. The van der Waals surface area contributed by atoms with Crippen molar-refractivity contribution in [3.8, 4) is 0 Å². The van der Waals surface area contributed by atoms with Gasteiger partial charge in [-0.15, -0.1) is 0 Å². The monoisotopic (exact) mass is 662 g/mol. The number of aromatic nitrogens is 4. The Labute approximate surface area is 247 Å². The predicted octanol–water partition coefficient (Wildman–Crippen LogP) is -0.673. The van der Waals surface area contributed by atoms with Crippen LogP contribution >= 0.6 is 15.2 Å². The summed E-state index contributed by atoms with van der Waals surface area (Å²) in [6.07, 6.45) is -10.1. The molecular weight excluding hydrogens is 633 g/mol. The van der Waals surface area contributed by atoms with Crippen molar-refractivity contribution in [2.75, 3.05) is 24.9 Å². The summed E-state index contributed by atoms with van der Waals surface area (Å²) in [6, 6.07) is 5.77. The van der Waals surface area contributed by atoms with Gasteiger partial charge in [0.2, 0.25) is 5.91 Å². The van der Waals surface area contributed by atoms with Gasteiger partial charge < -0.3 is 55.1 Å². The fourth-order valence-corrected chi connectivity index (χ4v) is 8.06. The zero-order valence-electron chi connectivity index (χ0n) is 22.5. The fourth-order valence-electron chi connectivity index (χ4n) is 4.84. The van der Waals surface area contributed by atoms with E-state index in [0.717, 1.165) is 10.9 Å². The first-order valence-corrected chi connectivity index (χ1v) is 16.4. The number of hydrogen-bond donors (Lipinski definition) is 7. The second kappa shape index (κ2) is 12.5. The second-order valence-electron chi connectivity index (χ2n) is 10.2. The Morgan fingerprint density at radius 1 is 1.00 bits per heavy atom. The number of aliphatic hydroxyl groups excluding tert-OH is 3. The van der Waals surface area contributed by atoms with Gasteiger partial charge in [0.25, 0.3) is 0 Å². The lowest BCUT2D eigenvalue weighted by Crippen LogP contribution is -2.33. The second-order valence-corrected chi connectivity index (χ2v) is 14.4. The van der Waals surface area contributed by atoms with Crippen LogP contribution in [0.4, 0.5) is 10.2 Å². The summed E-state index contributed by atoms with van der Waals surface area (Å²) < 4.78 is 62.2. The Kier molecular flexibility index (Phi) is 9.19. The Morgan fingerprint density at radius 2 is 1.66 bits per heavy atom. The largest absolute Gasteiger partial charge is 0.387 e. The number of primary amides is 1. The van der Waals surface area contributed by atoms with Crippen molar-refractivity contribution in [2.24, 2.45) is 5.73 Å². The molecule has 240 valence electrons. The maximum absolute atomic E-state index is 15.0. The van der Waals surface area contributed by atoms with Crippen LogP contribution in [-0.4, -0.2) is 106 Å². The number of carbonyl (C=O) groups is 1. The zero-order valence-corrected chi connectivity index (χ0v) is 24.3. The van der Waals surface area contributed by atoms with E-state index in [1.165, 1.54) is 30.6 Å². The minimum atomic E-state index is -4.91. The van der Waals surface area contributed by atoms with Crippen molar-refractivity contribution in [1.29, 1.82) is 0 Å². The predicted molar refractivity (Wildman–Crippen MR) is 146 cm³/mol. The van der Waals surface area contributed by atoms with E-state index >= 15 is 0 Å². The van der Waals surface area contributed by atoms with E-state index in [1.807, 2.05) is 0 Å². The molecule has 2 fully saturated rings. The van der Waals surface area contributed by atoms with Crippen LogP contribution in [0.5, 0.6) is 0 Å². The molecule has 3 aromatic rings. The molecule has 2 aliphatic heterocycles. The third kappa shape index (κ3) is 6.68. The van der Waals surface area contributed by atoms with Crippen LogP contribution in [0, 0.1) is 0 Å². The van der Waals surface area contributed by atoms with E-state index in [0.29, 0.717) is 5.56 Å². The molecule has 10 atom stereocenters. The van der Waals surface area contributed by atoms with Crippen molar-refractivity contribution < 1.29 is 61.9 Å². The average Bonchev–Trinajstić information content (AvgIpc) is 3.61. The number of anilines is 1. The molecule has 21 heteroatoms. The molecule has 44 heavy (non-hydrogen) atoms. The van der Waals surface area contributed by atoms with Gasteiger partial charge in [-0.05, 0) is 17.7 Å². The molecule has 2 aromatic heterocycles. The number of nitrogens with zero attached hydrogens (tertiary/aromatic N) is 4. The first-order chi connectivity index (χ1) is 20.7. The number of imidazole rings is 1. The number of carbonyl (C=O) groups excluding carboxylic acids is 1. The van der Waals surface area contributed by atoms with Gasteiger partial charge in [0.05, 0.1) is 19.5 Å². The molecule has 18 nitrogen and oxygen atoms in total. The molecule has 5 rings (SSSR count). The van der Waals surface area contributed by atoms with E-state index < -0.39 is 89.2 Å². The summed E-state index contributed by atoms with van der Waals surface area (Å²) in [5, 5.41) is 31.1. The molecule has 1 aromatic carbocycles. The maximum atomic E-state index is 15.0. The molecule has 0 spiro atoms. The van der Waals surface area contributed by atoms with Crippen molar-refractivity contribution >= 4 is 38.1 Å². The molecule has 4 heterocycles. The SMILES string of the molecule is NC(=O)c1cccc([C@@H]2O[C@H](COP(=O)(O)CP(=O)(O)OCC3OC(n4cnc5c(N)ncnc54)C(F)C3O)[C@@H](O)[C@H]2O)c1. The van der Waals surface area contributed by atoms with Gasteiger partial charge in [-0.2, -0.15) is 0 Å². The lowest BCUT2D eigenvalue weighted by Gasteiger charge is -2.21. The highest BCUT2D eigenvalue weighted by atomic mass is 31.2. The lowest BCUT2D eigenvalue weighted by molar-refractivity contribution is -0.0425. The first-order valence-electron chi connectivity index (χ1n) is 12.9. The Bertz CT molecular complexity index is 1630. The smallest absolute Gasteiger partial charge is 0.340 e. The standard InChI is InChI=1S/C23H29FN6O12P2/c24-14-16(31)12(42-23(14)30-8-29-15-20(25)27-7-28-22(15)30)5-39-43(35,36)9-44(37,38)40-6-13-17(32)18(33)19(41-13)10-2-1-3-11(4-10)21(26)34/h1-4,7-8,12-14,16-19,23,31-33H,5-6,9H2,(H2,26,34)(H,35,36)(H,37,38)(H2,25,27,28)/t12?,13-,14?,16?,17-,18-,19+,23?/m1/s1. The number of rotatable bonds is 11. The fraction of sp³-hybridized carbons (Fsp3) is 0.478. The lowest BCUT2D eigenvalue weighted by atomic mass is 10.00. The molecule has 0 aliphatic carbocycles. The number of ether oxygens (including phenoxy) is 2. The number of nitrogens with two attached hydrogens (primary N) is 2. The molecule has 0 bridgehead atoms. The summed E-state index contributed by atoms with van der Waals surface area (Å²) in [4.78, 5) is 43.7. The third-order valence-electron chi connectivity index (χ3n) is 7.06. The number of aliphatic hydroxyl groups is 3. The quantitative estimate of drug-likeness (QED) is 0.125. The average molecular weight is 662 g/mol. The van der Waals surface area contributed by atoms with Crippen LogP contribution in [0.15, 0.2) is 36.9 Å². The highest BCUT2D eigenvalue weighted by Gasteiger charge is 2.48. The number of nitrogen functional groups attached to an aromatic ring is 1. The minimum absolute atomic E-state index is 0.0273. The number of hydrogen-bond acceptors (Lipinski definition) is 14. The highest BCUT2D eigenvalue weighted by molar-refractivity contribution is 7.70. The number of alkyl halides is 1. The van der Waals surface area contributed by atoms with Crippen LogP contribution in [0.25, 0.3) is 11.2 Å². The van der Waals surface area contributed by atoms with Crippen molar-refractivity contribution in [3.05, 3.63) is 48.0 Å². The van der Waals surface area contributed by atoms with Crippen LogP contribution in [0.1, 0.15) is 28.3 Å². The maximum Gasteiger partial charge on any atom is 0.340 e. The van der Waals surface area contributed by atoms with Gasteiger partial charge in [0, 0.05) is 5.56 Å². The summed E-state index contributed by atoms with van der Waals surface area (Å²) >= 11 is 0. The van der Waals surface area contributed by atoms with Gasteiger partial charge in [0.1, 0.15) is 48.5 Å². The zero-order chi connectivity index (χ0) is 32.0. The first kappa shape index (κ1) is 32.5. The molecule has 0 radical (unpaired) electrons. The normalized spacial score (nSPS) is 31.6. The minimum Gasteiger partial charge on any atom is -0.387 e. The van der Waals surface area contributed by atoms with Gasteiger partial charge in [-0.3, -0.25) is 18.5 Å². The Balaban J connectivity index is 1.16. The van der Waals surface area contributed by atoms with Crippen LogP contribution < -0.4 is 11.5 Å². The van der Waals surface area contributed by atoms with E-state index in [-0.39, 0.29) is 22.5 Å². The van der Waals surface area contributed by atoms with Crippen molar-refractivity contribution in [1.82, 2.24) is 19.5 Å². The third-order valence-corrected chi connectivity index (χ3v) is 11.0. The van der Waals surface area contributed by atoms with Crippen molar-refractivity contribution in [2.45, 2.75) is 49.0 Å². The van der Waals surface area contributed by atoms with Gasteiger partial charge in [0.15, 0.2) is 29.8 Å². The summed E-state index contributed by atoms with van der Waals surface area (Å²) in [5.41, 5.74) is 11.7. The van der Waals surface area contributed by atoms with E-state index in [1.54, 1.807) is 0 Å². The molecule has 6 unspecified atom stereocenters. The number of halogens is 1. The van der Waals surface area contributed by atoms with Crippen LogP contribution in [0.3, 0.4) is 0 Å². The van der Waals surface area contributed by atoms with Gasteiger partial charge in [-0.1, -0.05) is 12.1 Å². The van der Waals surface area contributed by atoms with Crippen LogP contribution in [0.2, 0.25) is 0 Å². The number of amides is 1. The Morgan fingerprint density at radius 3 is 2.32 bits per heavy atom. The molecule has 2 saturated heterocycles. The highest BCUT2D eigenvalue weighted by Crippen LogP contribution is 2.58. The molecule has 1 amide bonds. The number of benzene rings is 1. The van der Waals surface area contributed by atoms with E-state index in [9.17, 15) is 43.4 Å². The summed E-state index contributed by atoms with van der Waals surface area (Å²) in [5.74, 6) is -2.12. The number of fused-ring (bicyclic) bond motifs is 1. The molecule has 9 N–H and O–H groups in total. The Hall–Kier alpha value is -2.93. The molecular formula is C23H29FN6O12P2. The topological polar surface area (TPSA) is 285 Å². The summed E-state index contributed by atoms with van der Waals surface area (Å²) in [6.45, 7) is -1.63. The van der Waals surface area contributed by atoms with E-state index in [4.69, 9.17) is 30.0 Å². The van der Waals surface area contributed by atoms with E-state index in [2.05, 4.69) is 15.0 Å². The van der Waals surface area contributed by atoms with Gasteiger partial charge in [-0.25, -0.2) is 19.3 Å². The summed E-state index contributed by atoms with van der Waals surface area (Å²) in [7, 11) is -9.79.